The molecular formula is C15H19BrN4O. The van der Waals surface area contributed by atoms with Gasteiger partial charge in [-0.15, -0.1) is 5.10 Å². The van der Waals surface area contributed by atoms with E-state index in [1.165, 1.54) is 18.4 Å². The van der Waals surface area contributed by atoms with Crippen molar-refractivity contribution in [1.82, 2.24) is 20.3 Å². The van der Waals surface area contributed by atoms with Crippen LogP contribution in [0.1, 0.15) is 24.1 Å². The van der Waals surface area contributed by atoms with E-state index in [1.54, 1.807) is 0 Å². The summed E-state index contributed by atoms with van der Waals surface area (Å²) in [4.78, 5) is 0. The van der Waals surface area contributed by atoms with Crippen LogP contribution in [-0.4, -0.2) is 27.6 Å². The zero-order valence-corrected chi connectivity index (χ0v) is 13.6. The van der Waals surface area contributed by atoms with E-state index < -0.39 is 0 Å². The molecule has 1 aliphatic carbocycles. The second-order valence-electron chi connectivity index (χ2n) is 5.39. The normalized spacial score (nSPS) is 14.4. The van der Waals surface area contributed by atoms with E-state index in [0.717, 1.165) is 22.5 Å². The zero-order valence-electron chi connectivity index (χ0n) is 12.1. The molecule has 1 heterocycles. The maximum Gasteiger partial charge on any atom is 0.119 e. The molecule has 1 aromatic heterocycles. The zero-order chi connectivity index (χ0) is 14.7. The van der Waals surface area contributed by atoms with Crippen LogP contribution in [-0.2, 0) is 13.1 Å². The Morgan fingerprint density at radius 1 is 1.43 bits per heavy atom. The Bertz CT molecular complexity index is 609. The van der Waals surface area contributed by atoms with Crippen molar-refractivity contribution >= 4 is 15.9 Å². The van der Waals surface area contributed by atoms with Gasteiger partial charge in [0.25, 0.3) is 0 Å². The highest BCUT2D eigenvalue weighted by atomic mass is 79.9. The molecule has 1 aromatic carbocycles. The van der Waals surface area contributed by atoms with Gasteiger partial charge in [-0.05, 0) is 43.5 Å². The molecule has 0 atom stereocenters. The van der Waals surface area contributed by atoms with Crippen LogP contribution in [0.5, 0.6) is 5.75 Å². The molecule has 1 N–H and O–H groups in total. The second kappa shape index (κ2) is 6.58. The summed E-state index contributed by atoms with van der Waals surface area (Å²) in [5, 5.41) is 11.7. The summed E-state index contributed by atoms with van der Waals surface area (Å²) in [5.41, 5.74) is 2.16. The van der Waals surface area contributed by atoms with Gasteiger partial charge in [0.15, 0.2) is 0 Å². The van der Waals surface area contributed by atoms with Crippen LogP contribution in [0, 0.1) is 6.92 Å². The Labute approximate surface area is 132 Å². The van der Waals surface area contributed by atoms with E-state index in [0.29, 0.717) is 19.2 Å². The standard InChI is InChI=1S/C15H19BrN4O/c1-11-8-14(4-5-15(11)16)21-7-6-20-10-13(18-19-20)9-17-12-2-3-12/h4-5,8,10,12,17H,2-3,6-7,9H2,1H3. The third kappa shape index (κ3) is 4.28. The summed E-state index contributed by atoms with van der Waals surface area (Å²) < 4.78 is 8.66. The van der Waals surface area contributed by atoms with E-state index in [1.807, 2.05) is 36.0 Å². The lowest BCUT2D eigenvalue weighted by Crippen LogP contribution is -2.15. The SMILES string of the molecule is Cc1cc(OCCn2cc(CNC3CC3)nn2)ccc1Br. The number of benzene rings is 1. The number of aryl methyl sites for hydroxylation is 1. The van der Waals surface area contributed by atoms with Crippen LogP contribution in [0.3, 0.4) is 0 Å². The second-order valence-corrected chi connectivity index (χ2v) is 6.24. The van der Waals surface area contributed by atoms with Crippen LogP contribution in [0.4, 0.5) is 0 Å². The van der Waals surface area contributed by atoms with Crippen molar-refractivity contribution in [3.63, 3.8) is 0 Å². The Balaban J connectivity index is 1.44. The quantitative estimate of drug-likeness (QED) is 0.833. The van der Waals surface area contributed by atoms with E-state index in [-0.39, 0.29) is 0 Å². The maximum absolute atomic E-state index is 5.74. The topological polar surface area (TPSA) is 52.0 Å². The molecule has 0 spiro atoms. The average molecular weight is 351 g/mol. The number of halogens is 1. The smallest absolute Gasteiger partial charge is 0.119 e. The highest BCUT2D eigenvalue weighted by molar-refractivity contribution is 9.10. The molecule has 5 nitrogen and oxygen atoms in total. The fourth-order valence-electron chi connectivity index (χ4n) is 2.03. The molecule has 1 fully saturated rings. The van der Waals surface area contributed by atoms with Gasteiger partial charge in [0.2, 0.25) is 0 Å². The first kappa shape index (κ1) is 14.5. The molecule has 21 heavy (non-hydrogen) atoms. The molecule has 2 aromatic rings. The molecule has 0 saturated heterocycles. The molecule has 0 radical (unpaired) electrons. The van der Waals surface area contributed by atoms with Crippen molar-refractivity contribution in [3.05, 3.63) is 40.1 Å². The number of hydrogen-bond donors (Lipinski definition) is 1. The molecule has 0 aliphatic heterocycles. The van der Waals surface area contributed by atoms with Crippen molar-refractivity contribution in [1.29, 1.82) is 0 Å². The lowest BCUT2D eigenvalue weighted by atomic mass is 10.2. The van der Waals surface area contributed by atoms with Gasteiger partial charge in [0.1, 0.15) is 12.4 Å². The molecule has 0 unspecified atom stereocenters. The van der Waals surface area contributed by atoms with Crippen molar-refractivity contribution < 1.29 is 4.74 Å². The number of aromatic nitrogens is 3. The van der Waals surface area contributed by atoms with Crippen LogP contribution in [0.2, 0.25) is 0 Å². The molecule has 1 aliphatic rings. The van der Waals surface area contributed by atoms with Crippen LogP contribution in [0.15, 0.2) is 28.9 Å². The molecular weight excluding hydrogens is 332 g/mol. The van der Waals surface area contributed by atoms with Crippen LogP contribution >= 0.6 is 15.9 Å². The Kier molecular flexibility index (Phi) is 4.55. The summed E-state index contributed by atoms with van der Waals surface area (Å²) in [7, 11) is 0. The van der Waals surface area contributed by atoms with E-state index in [9.17, 15) is 0 Å². The Morgan fingerprint density at radius 2 is 2.29 bits per heavy atom. The van der Waals surface area contributed by atoms with E-state index in [4.69, 9.17) is 4.74 Å². The van der Waals surface area contributed by atoms with Crippen molar-refractivity contribution in [2.45, 2.75) is 38.9 Å². The van der Waals surface area contributed by atoms with Gasteiger partial charge in [-0.1, -0.05) is 21.1 Å². The number of ether oxygens (including phenoxy) is 1. The maximum atomic E-state index is 5.74. The number of nitrogens with zero attached hydrogens (tertiary/aromatic N) is 3. The van der Waals surface area contributed by atoms with Gasteiger partial charge in [-0.2, -0.15) is 0 Å². The van der Waals surface area contributed by atoms with E-state index >= 15 is 0 Å². The average Bonchev–Trinajstić information content (AvgIpc) is 3.20. The summed E-state index contributed by atoms with van der Waals surface area (Å²) in [6.07, 6.45) is 4.55. The predicted octanol–water partition coefficient (Wildman–Crippen LogP) is 2.68. The number of rotatable bonds is 7. The first-order valence-electron chi connectivity index (χ1n) is 7.22. The monoisotopic (exact) mass is 350 g/mol. The predicted molar refractivity (Wildman–Crippen MR) is 84.3 cm³/mol. The van der Waals surface area contributed by atoms with Gasteiger partial charge in [-0.25, -0.2) is 4.68 Å². The van der Waals surface area contributed by atoms with Crippen molar-refractivity contribution in [2.24, 2.45) is 0 Å². The highest BCUT2D eigenvalue weighted by Crippen LogP contribution is 2.21. The van der Waals surface area contributed by atoms with Gasteiger partial charge in [-0.3, -0.25) is 0 Å². The molecule has 0 bridgehead atoms. The molecule has 3 rings (SSSR count). The third-order valence-electron chi connectivity index (χ3n) is 3.45. The van der Waals surface area contributed by atoms with E-state index in [2.05, 4.69) is 31.6 Å². The van der Waals surface area contributed by atoms with Gasteiger partial charge in [0, 0.05) is 23.3 Å². The lowest BCUT2D eigenvalue weighted by Gasteiger charge is -2.07. The largest absolute Gasteiger partial charge is 0.492 e. The minimum absolute atomic E-state index is 0.583. The van der Waals surface area contributed by atoms with Crippen LogP contribution in [0.25, 0.3) is 0 Å². The van der Waals surface area contributed by atoms with Crippen molar-refractivity contribution in [3.8, 4) is 5.75 Å². The summed E-state index contributed by atoms with van der Waals surface area (Å²) >= 11 is 3.48. The first-order valence-corrected chi connectivity index (χ1v) is 8.01. The molecule has 1 saturated carbocycles. The fourth-order valence-corrected chi connectivity index (χ4v) is 2.28. The molecule has 6 heteroatoms. The van der Waals surface area contributed by atoms with Crippen molar-refractivity contribution in [2.75, 3.05) is 6.61 Å². The summed E-state index contributed by atoms with van der Waals surface area (Å²) in [6.45, 7) is 4.14. The van der Waals surface area contributed by atoms with Gasteiger partial charge >= 0.3 is 0 Å². The Hall–Kier alpha value is -1.40. The summed E-state index contributed by atoms with van der Waals surface area (Å²) in [6, 6.07) is 6.68. The highest BCUT2D eigenvalue weighted by Gasteiger charge is 2.20. The van der Waals surface area contributed by atoms with Crippen LogP contribution < -0.4 is 10.1 Å². The lowest BCUT2D eigenvalue weighted by molar-refractivity contribution is 0.289. The molecule has 112 valence electrons. The minimum Gasteiger partial charge on any atom is -0.492 e. The Morgan fingerprint density at radius 3 is 3.05 bits per heavy atom. The van der Waals surface area contributed by atoms with Gasteiger partial charge < -0.3 is 10.1 Å². The van der Waals surface area contributed by atoms with Gasteiger partial charge in [0.05, 0.1) is 12.2 Å². The number of hydrogen-bond acceptors (Lipinski definition) is 4. The molecule has 0 amide bonds. The minimum atomic E-state index is 0.583. The fraction of sp³-hybridized carbons (Fsp3) is 0.467. The number of nitrogens with one attached hydrogen (secondary N) is 1. The first-order chi connectivity index (χ1) is 10.2. The summed E-state index contributed by atoms with van der Waals surface area (Å²) in [5.74, 6) is 0.881. The third-order valence-corrected chi connectivity index (χ3v) is 4.34.